The van der Waals surface area contributed by atoms with Crippen LogP contribution in [0.15, 0.2) is 10.5 Å². The highest BCUT2D eigenvalue weighted by Gasteiger charge is 2.30. The van der Waals surface area contributed by atoms with Crippen molar-refractivity contribution in [2.24, 2.45) is 11.8 Å². The third-order valence-corrected chi connectivity index (χ3v) is 4.32. The molecule has 1 aromatic heterocycles. The van der Waals surface area contributed by atoms with Gasteiger partial charge in [-0.25, -0.2) is 0 Å². The summed E-state index contributed by atoms with van der Waals surface area (Å²) >= 11 is 0. The number of likely N-dealkylation sites (tertiary alicyclic amines) is 1. The molecule has 2 rings (SSSR count). The predicted molar refractivity (Wildman–Crippen MR) is 78.2 cm³/mol. The average Bonchev–Trinajstić information content (AvgIpc) is 2.76. The predicted octanol–water partition coefficient (Wildman–Crippen LogP) is 2.86. The van der Waals surface area contributed by atoms with Gasteiger partial charge in [-0.15, -0.1) is 0 Å². The van der Waals surface area contributed by atoms with E-state index < -0.39 is 5.97 Å². The minimum Gasteiger partial charge on any atom is -0.481 e. The third kappa shape index (κ3) is 3.65. The van der Waals surface area contributed by atoms with Crippen molar-refractivity contribution >= 4 is 11.9 Å². The first kappa shape index (κ1) is 15.6. The number of nitrogens with zero attached hydrogens (tertiary/aromatic N) is 1. The minimum absolute atomic E-state index is 0.00317. The second-order valence-corrected chi connectivity index (χ2v) is 6.06. The standard InChI is InChI=1S/C16H23NO4/c1-10(7-15(18)19)13-5-4-6-17(9-13)16(20)14-8-11(2)21-12(14)3/h8,10,13H,4-7,9H2,1-3H3,(H,18,19). The molecule has 0 saturated carbocycles. The molecule has 0 bridgehead atoms. The van der Waals surface area contributed by atoms with Crippen molar-refractivity contribution in [3.8, 4) is 0 Å². The smallest absolute Gasteiger partial charge is 0.303 e. The maximum absolute atomic E-state index is 12.6. The van der Waals surface area contributed by atoms with Gasteiger partial charge in [0, 0.05) is 19.5 Å². The van der Waals surface area contributed by atoms with E-state index in [9.17, 15) is 9.59 Å². The van der Waals surface area contributed by atoms with Crippen LogP contribution in [0, 0.1) is 25.7 Å². The number of carboxylic acids is 1. The lowest BCUT2D eigenvalue weighted by Gasteiger charge is -2.35. The Hall–Kier alpha value is -1.78. The molecule has 21 heavy (non-hydrogen) atoms. The van der Waals surface area contributed by atoms with Crippen LogP contribution in [-0.2, 0) is 4.79 Å². The first-order chi connectivity index (χ1) is 9.88. The van der Waals surface area contributed by atoms with Crippen LogP contribution in [0.3, 0.4) is 0 Å². The molecule has 5 nitrogen and oxygen atoms in total. The monoisotopic (exact) mass is 293 g/mol. The van der Waals surface area contributed by atoms with Crippen LogP contribution in [0.1, 0.15) is 48.1 Å². The Bertz CT molecular complexity index is 534. The molecule has 116 valence electrons. The number of carbonyl (C=O) groups is 2. The summed E-state index contributed by atoms with van der Waals surface area (Å²) in [7, 11) is 0. The molecule has 1 amide bonds. The van der Waals surface area contributed by atoms with Crippen molar-refractivity contribution in [1.29, 1.82) is 0 Å². The lowest BCUT2D eigenvalue weighted by molar-refractivity contribution is -0.138. The largest absolute Gasteiger partial charge is 0.481 e. The van der Waals surface area contributed by atoms with Gasteiger partial charge in [0.1, 0.15) is 11.5 Å². The summed E-state index contributed by atoms with van der Waals surface area (Å²) in [6.07, 6.45) is 2.08. The van der Waals surface area contributed by atoms with Crippen molar-refractivity contribution in [3.63, 3.8) is 0 Å². The Morgan fingerprint density at radius 3 is 2.76 bits per heavy atom. The average molecular weight is 293 g/mol. The number of furan rings is 1. The number of hydrogen-bond donors (Lipinski definition) is 1. The molecule has 0 spiro atoms. The highest BCUT2D eigenvalue weighted by Crippen LogP contribution is 2.27. The van der Waals surface area contributed by atoms with Gasteiger partial charge < -0.3 is 14.4 Å². The van der Waals surface area contributed by atoms with Gasteiger partial charge in [0.2, 0.25) is 0 Å². The molecule has 1 aromatic rings. The van der Waals surface area contributed by atoms with E-state index in [1.807, 2.05) is 18.7 Å². The third-order valence-electron chi connectivity index (χ3n) is 4.32. The first-order valence-corrected chi connectivity index (χ1v) is 7.46. The molecular formula is C16H23NO4. The number of carboxylic acid groups (broad SMARTS) is 1. The van der Waals surface area contributed by atoms with Crippen molar-refractivity contribution in [2.45, 2.75) is 40.0 Å². The van der Waals surface area contributed by atoms with Gasteiger partial charge in [0.25, 0.3) is 5.91 Å². The zero-order valence-electron chi connectivity index (χ0n) is 12.9. The van der Waals surface area contributed by atoms with Gasteiger partial charge in [0.05, 0.1) is 5.56 Å². The second-order valence-electron chi connectivity index (χ2n) is 6.06. The van der Waals surface area contributed by atoms with Gasteiger partial charge >= 0.3 is 5.97 Å². The summed E-state index contributed by atoms with van der Waals surface area (Å²) in [5.41, 5.74) is 0.624. The van der Waals surface area contributed by atoms with Gasteiger partial charge in [0.15, 0.2) is 0 Å². The molecule has 2 atom stereocenters. The number of piperidine rings is 1. The molecule has 1 aliphatic heterocycles. The SMILES string of the molecule is Cc1cc(C(=O)N2CCCC(C(C)CC(=O)O)C2)c(C)o1. The molecule has 0 radical (unpaired) electrons. The lowest BCUT2D eigenvalue weighted by atomic mass is 9.84. The molecule has 0 aromatic carbocycles. The Balaban J connectivity index is 2.05. The van der Waals surface area contributed by atoms with Crippen molar-refractivity contribution in [2.75, 3.05) is 13.1 Å². The normalized spacial score (nSPS) is 20.3. The van der Waals surface area contributed by atoms with Crippen LogP contribution < -0.4 is 0 Å². The fourth-order valence-electron chi connectivity index (χ4n) is 3.11. The van der Waals surface area contributed by atoms with Crippen LogP contribution in [0.2, 0.25) is 0 Å². The van der Waals surface area contributed by atoms with Gasteiger partial charge in [-0.3, -0.25) is 9.59 Å². The van der Waals surface area contributed by atoms with E-state index in [1.165, 1.54) is 0 Å². The molecule has 1 saturated heterocycles. The Morgan fingerprint density at radius 1 is 1.48 bits per heavy atom. The Kier molecular flexibility index (Phi) is 4.70. The van der Waals surface area contributed by atoms with E-state index in [4.69, 9.17) is 9.52 Å². The quantitative estimate of drug-likeness (QED) is 0.926. The molecule has 2 unspecified atom stereocenters. The van der Waals surface area contributed by atoms with Crippen molar-refractivity contribution in [3.05, 3.63) is 23.2 Å². The van der Waals surface area contributed by atoms with Gasteiger partial charge in [-0.05, 0) is 44.6 Å². The topological polar surface area (TPSA) is 70.8 Å². The summed E-state index contributed by atoms with van der Waals surface area (Å²) in [6.45, 7) is 6.96. The van der Waals surface area contributed by atoms with Gasteiger partial charge in [-0.1, -0.05) is 6.92 Å². The van der Waals surface area contributed by atoms with E-state index in [-0.39, 0.29) is 24.2 Å². The van der Waals surface area contributed by atoms with Crippen LogP contribution >= 0.6 is 0 Å². The van der Waals surface area contributed by atoms with E-state index in [0.717, 1.165) is 25.1 Å². The zero-order valence-corrected chi connectivity index (χ0v) is 12.9. The Labute approximate surface area is 124 Å². The van der Waals surface area contributed by atoms with E-state index >= 15 is 0 Å². The fraction of sp³-hybridized carbons (Fsp3) is 0.625. The van der Waals surface area contributed by atoms with Crippen LogP contribution in [0.25, 0.3) is 0 Å². The summed E-state index contributed by atoms with van der Waals surface area (Å²) < 4.78 is 5.43. The fourth-order valence-corrected chi connectivity index (χ4v) is 3.11. The number of aryl methyl sites for hydroxylation is 2. The van der Waals surface area contributed by atoms with Crippen LogP contribution in [-0.4, -0.2) is 35.0 Å². The van der Waals surface area contributed by atoms with Crippen molar-refractivity contribution < 1.29 is 19.1 Å². The summed E-state index contributed by atoms with van der Waals surface area (Å²) in [5, 5.41) is 8.91. The highest BCUT2D eigenvalue weighted by atomic mass is 16.4. The van der Waals surface area contributed by atoms with E-state index in [1.54, 1.807) is 13.0 Å². The number of carbonyl (C=O) groups excluding carboxylic acids is 1. The molecule has 1 fully saturated rings. The van der Waals surface area contributed by atoms with E-state index in [0.29, 0.717) is 17.9 Å². The van der Waals surface area contributed by atoms with Crippen LogP contribution in [0.4, 0.5) is 0 Å². The van der Waals surface area contributed by atoms with Crippen molar-refractivity contribution in [1.82, 2.24) is 4.90 Å². The lowest BCUT2D eigenvalue weighted by Crippen LogP contribution is -2.42. The summed E-state index contributed by atoms with van der Waals surface area (Å²) in [6, 6.07) is 1.78. The first-order valence-electron chi connectivity index (χ1n) is 7.46. The highest BCUT2D eigenvalue weighted by molar-refractivity contribution is 5.95. The summed E-state index contributed by atoms with van der Waals surface area (Å²) in [5.74, 6) is 0.961. The van der Waals surface area contributed by atoms with Crippen LogP contribution in [0.5, 0.6) is 0 Å². The number of aliphatic carboxylic acids is 1. The molecule has 1 aliphatic rings. The molecular weight excluding hydrogens is 270 g/mol. The summed E-state index contributed by atoms with van der Waals surface area (Å²) in [4.78, 5) is 25.3. The molecule has 0 aliphatic carbocycles. The zero-order chi connectivity index (χ0) is 15.6. The van der Waals surface area contributed by atoms with Gasteiger partial charge in [-0.2, -0.15) is 0 Å². The number of hydrogen-bond acceptors (Lipinski definition) is 3. The Morgan fingerprint density at radius 2 is 2.19 bits per heavy atom. The maximum Gasteiger partial charge on any atom is 0.303 e. The molecule has 1 N–H and O–H groups in total. The number of rotatable bonds is 4. The molecule has 5 heteroatoms. The molecule has 2 heterocycles. The number of amides is 1. The maximum atomic E-state index is 12.6. The van der Waals surface area contributed by atoms with E-state index in [2.05, 4.69) is 0 Å². The second kappa shape index (κ2) is 6.33. The minimum atomic E-state index is -0.771.